The quantitative estimate of drug-likeness (QED) is 0.480. The van der Waals surface area contributed by atoms with Gasteiger partial charge in [0.25, 0.3) is 0 Å². The average molecular weight is 172 g/mol. The predicted molar refractivity (Wildman–Crippen MR) is 43.9 cm³/mol. The Morgan fingerprint density at radius 1 is 1.00 bits per heavy atom. The molecule has 0 N–H and O–H groups in total. The van der Waals surface area contributed by atoms with Gasteiger partial charge in [0, 0.05) is 12.4 Å². The molecular weight excluding hydrogens is 168 g/mol. The fourth-order valence-corrected chi connectivity index (χ4v) is 1.20. The van der Waals surface area contributed by atoms with Crippen LogP contribution in [0.1, 0.15) is 0 Å². The summed E-state index contributed by atoms with van der Waals surface area (Å²) >= 11 is 0. The van der Waals surface area contributed by atoms with Crippen LogP contribution in [-0.4, -0.2) is 29.5 Å². The molecule has 0 radical (unpaired) electrons. The normalized spacial score (nSPS) is 11.1. The summed E-state index contributed by atoms with van der Waals surface area (Å²) in [6, 6.07) is 0. The molecule has 0 amide bonds. The van der Waals surface area contributed by atoms with E-state index in [1.807, 2.05) is 0 Å². The minimum absolute atomic E-state index is 0.586. The van der Waals surface area contributed by atoms with Gasteiger partial charge in [0.2, 0.25) is 0 Å². The van der Waals surface area contributed by atoms with Crippen LogP contribution in [0.15, 0.2) is 25.0 Å². The number of rotatable bonds is 0. The lowest BCUT2D eigenvalue weighted by atomic mass is 10.5. The first-order valence-corrected chi connectivity index (χ1v) is 3.70. The van der Waals surface area contributed by atoms with E-state index >= 15 is 0 Å². The van der Waals surface area contributed by atoms with Crippen molar-refractivity contribution in [2.75, 3.05) is 0 Å². The van der Waals surface area contributed by atoms with Crippen molar-refractivity contribution in [1.82, 2.24) is 29.5 Å². The molecule has 0 atom stereocenters. The first kappa shape index (κ1) is 6.41. The van der Waals surface area contributed by atoms with Gasteiger partial charge in [0.1, 0.15) is 12.7 Å². The summed E-state index contributed by atoms with van der Waals surface area (Å²) < 4.78 is 1.71. The van der Waals surface area contributed by atoms with Crippen molar-refractivity contribution in [2.24, 2.45) is 0 Å². The van der Waals surface area contributed by atoms with Crippen LogP contribution < -0.4 is 0 Å². The molecule has 0 aliphatic carbocycles. The van der Waals surface area contributed by atoms with Crippen molar-refractivity contribution >= 4 is 16.8 Å². The Bertz CT molecular complexity index is 571. The van der Waals surface area contributed by atoms with Crippen LogP contribution in [0.4, 0.5) is 0 Å². The number of hydrogen-bond donors (Lipinski definition) is 0. The van der Waals surface area contributed by atoms with Gasteiger partial charge in [-0.2, -0.15) is 0 Å². The van der Waals surface area contributed by atoms with Crippen LogP contribution in [0.25, 0.3) is 16.8 Å². The Labute approximate surface area is 72.3 Å². The number of hydrogen-bond acceptors (Lipinski definition) is 5. The predicted octanol–water partition coefficient (Wildman–Crippen LogP) is 0.0675. The van der Waals surface area contributed by atoms with Gasteiger partial charge in [-0.05, 0) is 0 Å². The third-order valence-corrected chi connectivity index (χ3v) is 1.77. The molecule has 3 rings (SSSR count). The van der Waals surface area contributed by atoms with Crippen LogP contribution in [0.2, 0.25) is 0 Å². The van der Waals surface area contributed by atoms with E-state index in [4.69, 9.17) is 0 Å². The lowest BCUT2D eigenvalue weighted by Gasteiger charge is -1.94. The Kier molecular flexibility index (Phi) is 1.08. The Morgan fingerprint density at radius 2 is 1.92 bits per heavy atom. The molecule has 62 valence electrons. The molecule has 0 fully saturated rings. The molecule has 0 aliphatic rings. The maximum Gasteiger partial charge on any atom is 0.191 e. The molecule has 13 heavy (non-hydrogen) atoms. The zero-order valence-electron chi connectivity index (χ0n) is 6.49. The van der Waals surface area contributed by atoms with E-state index in [1.54, 1.807) is 29.4 Å². The number of nitrogens with zero attached hydrogens (tertiary/aromatic N) is 6. The van der Waals surface area contributed by atoms with Crippen molar-refractivity contribution in [2.45, 2.75) is 0 Å². The van der Waals surface area contributed by atoms with Crippen molar-refractivity contribution < 1.29 is 0 Å². The standard InChI is InChI=1S/C7H4N6/c1-2-9-6-5(8-1)7-12-11-4-13(7)3-10-6/h1-4H. The van der Waals surface area contributed by atoms with Crippen LogP contribution in [-0.2, 0) is 0 Å². The van der Waals surface area contributed by atoms with Gasteiger partial charge in [0.05, 0.1) is 0 Å². The van der Waals surface area contributed by atoms with E-state index in [0.29, 0.717) is 16.8 Å². The Morgan fingerprint density at radius 3 is 2.92 bits per heavy atom. The van der Waals surface area contributed by atoms with Gasteiger partial charge >= 0.3 is 0 Å². The molecule has 0 aliphatic heterocycles. The molecular formula is C7H4N6. The third kappa shape index (κ3) is 0.792. The number of aromatic nitrogens is 6. The fourth-order valence-electron chi connectivity index (χ4n) is 1.20. The van der Waals surface area contributed by atoms with Gasteiger partial charge in [-0.15, -0.1) is 10.2 Å². The van der Waals surface area contributed by atoms with Crippen LogP contribution in [0.5, 0.6) is 0 Å². The van der Waals surface area contributed by atoms with Crippen LogP contribution >= 0.6 is 0 Å². The highest BCUT2D eigenvalue weighted by molar-refractivity contribution is 5.83. The van der Waals surface area contributed by atoms with Gasteiger partial charge in [-0.1, -0.05) is 0 Å². The van der Waals surface area contributed by atoms with Crippen molar-refractivity contribution in [1.29, 1.82) is 0 Å². The highest BCUT2D eigenvalue weighted by Crippen LogP contribution is 2.08. The summed E-state index contributed by atoms with van der Waals surface area (Å²) in [4.78, 5) is 12.3. The lowest BCUT2D eigenvalue weighted by molar-refractivity contribution is 1.07. The minimum atomic E-state index is 0.586. The smallest absolute Gasteiger partial charge is 0.191 e. The highest BCUT2D eigenvalue weighted by atomic mass is 15.2. The molecule has 3 heterocycles. The summed E-state index contributed by atoms with van der Waals surface area (Å²) in [6.07, 6.45) is 6.41. The maximum atomic E-state index is 4.13. The first-order chi connectivity index (χ1) is 6.45. The zero-order chi connectivity index (χ0) is 8.67. The van der Waals surface area contributed by atoms with Crippen molar-refractivity contribution in [3.8, 4) is 0 Å². The summed E-state index contributed by atoms with van der Waals surface area (Å²) in [5.74, 6) is 0. The molecule has 0 bridgehead atoms. The fraction of sp³-hybridized carbons (Fsp3) is 0. The molecule has 6 heteroatoms. The summed E-state index contributed by atoms with van der Waals surface area (Å²) in [6.45, 7) is 0. The number of fused-ring (bicyclic) bond motifs is 3. The molecule has 0 saturated carbocycles. The molecule has 3 aromatic rings. The monoisotopic (exact) mass is 172 g/mol. The van der Waals surface area contributed by atoms with Crippen molar-refractivity contribution in [3.63, 3.8) is 0 Å². The maximum absolute atomic E-state index is 4.13. The second kappa shape index (κ2) is 2.19. The molecule has 0 saturated heterocycles. The molecule has 0 spiro atoms. The molecule has 0 unspecified atom stereocenters. The summed E-state index contributed by atoms with van der Waals surface area (Å²) in [7, 11) is 0. The SMILES string of the molecule is c1cnc2c(n1)ncn1cnnc21. The second-order valence-corrected chi connectivity index (χ2v) is 2.53. The molecule has 3 aromatic heterocycles. The van der Waals surface area contributed by atoms with Crippen molar-refractivity contribution in [3.05, 3.63) is 25.0 Å². The summed E-state index contributed by atoms with van der Waals surface area (Å²) in [5, 5.41) is 7.67. The van der Waals surface area contributed by atoms with E-state index < -0.39 is 0 Å². The average Bonchev–Trinajstić information content (AvgIpc) is 2.65. The van der Waals surface area contributed by atoms with E-state index in [1.165, 1.54) is 0 Å². The molecule has 6 nitrogen and oxygen atoms in total. The first-order valence-electron chi connectivity index (χ1n) is 3.70. The van der Waals surface area contributed by atoms with E-state index in [0.717, 1.165) is 0 Å². The van der Waals surface area contributed by atoms with E-state index in [9.17, 15) is 0 Å². The largest absolute Gasteiger partial charge is 0.270 e. The topological polar surface area (TPSA) is 68.9 Å². The Hall–Kier alpha value is -2.11. The zero-order valence-corrected chi connectivity index (χ0v) is 6.49. The minimum Gasteiger partial charge on any atom is -0.270 e. The van der Waals surface area contributed by atoms with Crippen LogP contribution in [0.3, 0.4) is 0 Å². The lowest BCUT2D eigenvalue weighted by Crippen LogP contribution is -1.92. The highest BCUT2D eigenvalue weighted by Gasteiger charge is 2.03. The van der Waals surface area contributed by atoms with E-state index in [-0.39, 0.29) is 0 Å². The van der Waals surface area contributed by atoms with Gasteiger partial charge in [0.15, 0.2) is 16.8 Å². The van der Waals surface area contributed by atoms with Crippen LogP contribution in [0, 0.1) is 0 Å². The third-order valence-electron chi connectivity index (χ3n) is 1.77. The van der Waals surface area contributed by atoms with Gasteiger partial charge in [-0.3, -0.25) is 4.40 Å². The summed E-state index contributed by atoms with van der Waals surface area (Å²) in [5.41, 5.74) is 1.93. The second-order valence-electron chi connectivity index (χ2n) is 2.53. The van der Waals surface area contributed by atoms with E-state index in [2.05, 4.69) is 25.1 Å². The van der Waals surface area contributed by atoms with Gasteiger partial charge < -0.3 is 0 Å². The van der Waals surface area contributed by atoms with Gasteiger partial charge in [-0.25, -0.2) is 15.0 Å². The Balaban J connectivity index is 2.65. The molecule has 0 aromatic carbocycles.